The number of ether oxygens (including phenoxy) is 1. The summed E-state index contributed by atoms with van der Waals surface area (Å²) >= 11 is 0. The van der Waals surface area contributed by atoms with Gasteiger partial charge in [-0.3, -0.25) is 0 Å². The average Bonchev–Trinajstić information content (AvgIpc) is 2.37. The summed E-state index contributed by atoms with van der Waals surface area (Å²) in [6.45, 7) is 19.1. The Morgan fingerprint density at radius 3 is 2.19 bits per heavy atom. The van der Waals surface area contributed by atoms with E-state index in [2.05, 4.69) is 53.4 Å². The summed E-state index contributed by atoms with van der Waals surface area (Å²) in [7, 11) is -0.223. The zero-order valence-corrected chi connectivity index (χ0v) is 16.1. The van der Waals surface area contributed by atoms with Crippen molar-refractivity contribution in [2.75, 3.05) is 13.7 Å². The van der Waals surface area contributed by atoms with Gasteiger partial charge in [-0.15, -0.1) is 6.58 Å². The second-order valence-electron chi connectivity index (χ2n) is 7.31. The largest absolute Gasteiger partial charge is 0.410 e. The van der Waals surface area contributed by atoms with Crippen LogP contribution in [0.4, 0.5) is 0 Å². The topological polar surface area (TPSA) is 38.7 Å². The van der Waals surface area contributed by atoms with Gasteiger partial charge in [0.2, 0.25) is 0 Å². The summed E-state index contributed by atoms with van der Waals surface area (Å²) in [4.78, 5) is 0. The lowest BCUT2D eigenvalue weighted by Gasteiger charge is -2.42. The van der Waals surface area contributed by atoms with Crippen molar-refractivity contribution in [3.05, 3.63) is 24.3 Å². The van der Waals surface area contributed by atoms with Gasteiger partial charge in [0.05, 0.1) is 12.7 Å². The third kappa shape index (κ3) is 6.07. The lowest BCUT2D eigenvalue weighted by molar-refractivity contribution is 0.00591. The molecule has 124 valence electrons. The van der Waals surface area contributed by atoms with Crippen molar-refractivity contribution in [2.24, 2.45) is 5.92 Å². The van der Waals surface area contributed by atoms with Gasteiger partial charge in [0, 0.05) is 13.0 Å². The smallest absolute Gasteiger partial charge is 0.192 e. The van der Waals surface area contributed by atoms with Gasteiger partial charge in [0.15, 0.2) is 8.32 Å². The summed E-state index contributed by atoms with van der Waals surface area (Å²) < 4.78 is 12.1. The summed E-state index contributed by atoms with van der Waals surface area (Å²) in [5, 5.41) is 9.37. The van der Waals surface area contributed by atoms with Crippen LogP contribution in [0.25, 0.3) is 0 Å². The fraction of sp³-hybridized carbons (Fsp3) is 0.765. The first-order chi connectivity index (χ1) is 9.50. The molecule has 0 rings (SSSR count). The van der Waals surface area contributed by atoms with Crippen LogP contribution < -0.4 is 0 Å². The van der Waals surface area contributed by atoms with E-state index in [1.54, 1.807) is 13.2 Å². The van der Waals surface area contributed by atoms with Crippen molar-refractivity contribution in [3.8, 4) is 0 Å². The molecule has 0 saturated carbocycles. The summed E-state index contributed by atoms with van der Waals surface area (Å²) in [5.41, 5.74) is 0.949. The molecular weight excluding hydrogens is 280 g/mol. The molecule has 0 aliphatic rings. The SMILES string of the molecule is C=C[C@@H](OC)[C@@H](O[Si](C)(C)C(C)(C)C)[C@H](C)/C=C(/C)CO. The zero-order valence-electron chi connectivity index (χ0n) is 15.1. The van der Waals surface area contributed by atoms with Crippen molar-refractivity contribution < 1.29 is 14.3 Å². The van der Waals surface area contributed by atoms with E-state index in [-0.39, 0.29) is 29.8 Å². The molecule has 3 nitrogen and oxygen atoms in total. The van der Waals surface area contributed by atoms with E-state index in [4.69, 9.17) is 9.16 Å². The standard InChI is InChI=1S/C17H34O3Si/c1-10-15(19-7)16(14(3)11-13(2)12-18)20-21(8,9)17(4,5)6/h10-11,14-16,18H,1,12H2,2-9H3/b13-11-/t14-,15-,16+/m1/s1. The van der Waals surface area contributed by atoms with Gasteiger partial charge < -0.3 is 14.3 Å². The van der Waals surface area contributed by atoms with Crippen LogP contribution in [-0.2, 0) is 9.16 Å². The van der Waals surface area contributed by atoms with Crippen LogP contribution in [0, 0.1) is 5.92 Å². The fourth-order valence-corrected chi connectivity index (χ4v) is 3.33. The van der Waals surface area contributed by atoms with Crippen LogP contribution >= 0.6 is 0 Å². The molecule has 0 radical (unpaired) electrons. The van der Waals surface area contributed by atoms with E-state index in [0.717, 1.165) is 5.57 Å². The second-order valence-corrected chi connectivity index (χ2v) is 12.1. The van der Waals surface area contributed by atoms with Gasteiger partial charge in [-0.25, -0.2) is 0 Å². The first kappa shape index (κ1) is 20.6. The molecule has 1 N–H and O–H groups in total. The molecule has 0 bridgehead atoms. The van der Waals surface area contributed by atoms with Crippen LogP contribution in [0.1, 0.15) is 34.6 Å². The minimum atomic E-state index is -1.91. The lowest BCUT2D eigenvalue weighted by atomic mass is 9.97. The van der Waals surface area contributed by atoms with E-state index in [9.17, 15) is 5.11 Å². The van der Waals surface area contributed by atoms with Gasteiger partial charge in [-0.1, -0.05) is 45.4 Å². The summed E-state index contributed by atoms with van der Waals surface area (Å²) in [5.74, 6) is 0.147. The quantitative estimate of drug-likeness (QED) is 0.540. The van der Waals surface area contributed by atoms with Gasteiger partial charge in [-0.05, 0) is 25.1 Å². The molecule has 0 aromatic rings. The van der Waals surface area contributed by atoms with Crippen molar-refractivity contribution in [1.82, 2.24) is 0 Å². The Morgan fingerprint density at radius 1 is 1.33 bits per heavy atom. The highest BCUT2D eigenvalue weighted by molar-refractivity contribution is 6.74. The van der Waals surface area contributed by atoms with E-state index in [1.165, 1.54) is 0 Å². The maximum absolute atomic E-state index is 9.23. The Hall–Kier alpha value is -0.423. The Morgan fingerprint density at radius 2 is 1.86 bits per heavy atom. The van der Waals surface area contributed by atoms with Crippen LogP contribution in [0.2, 0.25) is 18.1 Å². The Labute approximate surface area is 132 Å². The number of hydrogen-bond acceptors (Lipinski definition) is 3. The number of aliphatic hydroxyl groups is 1. The molecule has 0 heterocycles. The highest BCUT2D eigenvalue weighted by Crippen LogP contribution is 2.39. The van der Waals surface area contributed by atoms with Gasteiger partial charge >= 0.3 is 0 Å². The predicted octanol–water partition coefficient (Wildman–Crippen LogP) is 4.15. The van der Waals surface area contributed by atoms with Crippen LogP contribution in [0.3, 0.4) is 0 Å². The summed E-state index contributed by atoms with van der Waals surface area (Å²) in [6.07, 6.45) is 3.62. The first-order valence-electron chi connectivity index (χ1n) is 7.61. The monoisotopic (exact) mass is 314 g/mol. The molecule has 3 atom stereocenters. The molecular formula is C17H34O3Si. The Balaban J connectivity index is 5.39. The maximum Gasteiger partial charge on any atom is 0.192 e. The van der Waals surface area contributed by atoms with Crippen LogP contribution in [0.5, 0.6) is 0 Å². The lowest BCUT2D eigenvalue weighted by Crippen LogP contribution is -2.49. The minimum absolute atomic E-state index is 0.0723. The first-order valence-corrected chi connectivity index (χ1v) is 10.5. The Bertz CT molecular complexity index is 356. The number of aliphatic hydroxyl groups excluding tert-OH is 1. The molecule has 0 fully saturated rings. The van der Waals surface area contributed by atoms with Crippen LogP contribution in [-0.4, -0.2) is 39.3 Å². The second kappa shape index (κ2) is 8.27. The number of hydrogen-bond donors (Lipinski definition) is 1. The van der Waals surface area contributed by atoms with Crippen molar-refractivity contribution in [2.45, 2.75) is 65.0 Å². The number of methoxy groups -OCH3 is 1. The molecule has 21 heavy (non-hydrogen) atoms. The van der Waals surface area contributed by atoms with Gasteiger partial charge in [-0.2, -0.15) is 0 Å². The molecule has 0 unspecified atom stereocenters. The van der Waals surface area contributed by atoms with E-state index < -0.39 is 8.32 Å². The third-order valence-electron chi connectivity index (χ3n) is 4.38. The molecule has 0 saturated heterocycles. The molecule has 0 aromatic carbocycles. The predicted molar refractivity (Wildman–Crippen MR) is 93.1 cm³/mol. The average molecular weight is 315 g/mol. The van der Waals surface area contributed by atoms with Crippen LogP contribution in [0.15, 0.2) is 24.3 Å². The van der Waals surface area contributed by atoms with Gasteiger partial charge in [0.1, 0.15) is 6.10 Å². The van der Waals surface area contributed by atoms with E-state index in [0.29, 0.717) is 0 Å². The molecule has 0 spiro atoms. The normalized spacial score (nSPS) is 18.2. The molecule has 4 heteroatoms. The van der Waals surface area contributed by atoms with Crippen molar-refractivity contribution >= 4 is 8.32 Å². The molecule has 0 aliphatic carbocycles. The highest BCUT2D eigenvalue weighted by atomic mass is 28.4. The summed E-state index contributed by atoms with van der Waals surface area (Å²) in [6, 6.07) is 0. The minimum Gasteiger partial charge on any atom is -0.410 e. The highest BCUT2D eigenvalue weighted by Gasteiger charge is 2.41. The maximum atomic E-state index is 9.23. The van der Waals surface area contributed by atoms with E-state index >= 15 is 0 Å². The van der Waals surface area contributed by atoms with Crippen molar-refractivity contribution in [1.29, 1.82) is 0 Å². The third-order valence-corrected chi connectivity index (χ3v) is 8.85. The molecule has 0 amide bonds. The fourth-order valence-electron chi connectivity index (χ4n) is 1.95. The molecule has 0 aliphatic heterocycles. The zero-order chi connectivity index (χ0) is 16.8. The number of rotatable bonds is 8. The van der Waals surface area contributed by atoms with E-state index in [1.807, 2.05) is 6.92 Å². The van der Waals surface area contributed by atoms with Crippen molar-refractivity contribution in [3.63, 3.8) is 0 Å². The Kier molecular flexibility index (Phi) is 8.11. The molecule has 0 aromatic heterocycles. The van der Waals surface area contributed by atoms with Gasteiger partial charge in [0.25, 0.3) is 0 Å².